The lowest BCUT2D eigenvalue weighted by molar-refractivity contribution is 0.0951. The molecule has 1 saturated heterocycles. The molecular weight excluding hydrogens is 428 g/mol. The van der Waals surface area contributed by atoms with Crippen LogP contribution in [0, 0.1) is 19.8 Å². The van der Waals surface area contributed by atoms with E-state index < -0.39 is 0 Å². The Morgan fingerprint density at radius 3 is 2.59 bits per heavy atom. The van der Waals surface area contributed by atoms with Gasteiger partial charge in [-0.1, -0.05) is 18.2 Å². The SMILES string of the molecule is COc1cc(C)[nH]c(=O)c1CNC(=O)c1c(C)n(CC2CCN(C(C)C)CC2)c2ccccc12. The molecule has 0 unspecified atom stereocenters. The second-order valence-electron chi connectivity index (χ2n) is 9.67. The number of rotatable bonds is 7. The van der Waals surface area contributed by atoms with E-state index in [0.717, 1.165) is 41.9 Å². The molecule has 2 N–H and O–H groups in total. The minimum atomic E-state index is -0.246. The highest BCUT2D eigenvalue weighted by molar-refractivity contribution is 6.08. The van der Waals surface area contributed by atoms with Crippen LogP contribution in [0.4, 0.5) is 0 Å². The number of H-pyrrole nitrogens is 1. The number of ether oxygens (including phenoxy) is 1. The molecule has 2 aromatic heterocycles. The number of fused-ring (bicyclic) bond motifs is 1. The van der Waals surface area contributed by atoms with Gasteiger partial charge in [0.25, 0.3) is 11.5 Å². The Bertz CT molecular complexity index is 1230. The number of carbonyl (C=O) groups excluding carboxylic acids is 1. The number of piperidine rings is 1. The maximum atomic E-state index is 13.4. The Morgan fingerprint density at radius 2 is 1.91 bits per heavy atom. The van der Waals surface area contributed by atoms with Crippen LogP contribution in [0.1, 0.15) is 54.0 Å². The van der Waals surface area contributed by atoms with Crippen molar-refractivity contribution in [2.24, 2.45) is 5.92 Å². The number of benzene rings is 1. The van der Waals surface area contributed by atoms with E-state index in [9.17, 15) is 9.59 Å². The number of carbonyl (C=O) groups is 1. The van der Waals surface area contributed by atoms with E-state index in [1.807, 2.05) is 25.1 Å². The average Bonchev–Trinajstić information content (AvgIpc) is 3.09. The molecule has 0 spiro atoms. The Labute approximate surface area is 201 Å². The molecule has 0 atom stereocenters. The number of aromatic nitrogens is 2. The van der Waals surface area contributed by atoms with E-state index in [4.69, 9.17) is 4.74 Å². The quantitative estimate of drug-likeness (QED) is 0.554. The lowest BCUT2D eigenvalue weighted by Gasteiger charge is -2.35. The molecule has 7 heteroatoms. The summed E-state index contributed by atoms with van der Waals surface area (Å²) in [6, 6.07) is 10.5. The summed E-state index contributed by atoms with van der Waals surface area (Å²) in [5.41, 5.74) is 3.62. The molecule has 7 nitrogen and oxygen atoms in total. The van der Waals surface area contributed by atoms with Gasteiger partial charge in [-0.05, 0) is 71.7 Å². The van der Waals surface area contributed by atoms with Crippen LogP contribution >= 0.6 is 0 Å². The minimum absolute atomic E-state index is 0.101. The summed E-state index contributed by atoms with van der Waals surface area (Å²) in [6.07, 6.45) is 2.34. The Balaban J connectivity index is 1.57. The fraction of sp³-hybridized carbons (Fsp3) is 0.481. The summed E-state index contributed by atoms with van der Waals surface area (Å²) in [4.78, 5) is 31.1. The molecule has 3 aromatic rings. The molecule has 182 valence electrons. The van der Waals surface area contributed by atoms with Crippen molar-refractivity contribution in [2.45, 2.75) is 59.7 Å². The zero-order valence-corrected chi connectivity index (χ0v) is 20.9. The zero-order chi connectivity index (χ0) is 24.4. The van der Waals surface area contributed by atoms with Gasteiger partial charge in [-0.2, -0.15) is 0 Å². The smallest absolute Gasteiger partial charge is 0.256 e. The lowest BCUT2D eigenvalue weighted by atomic mass is 9.95. The average molecular weight is 465 g/mol. The number of aromatic amines is 1. The molecule has 3 heterocycles. The van der Waals surface area contributed by atoms with Gasteiger partial charge in [-0.15, -0.1) is 0 Å². The molecule has 1 aromatic carbocycles. The van der Waals surface area contributed by atoms with Gasteiger partial charge in [-0.25, -0.2) is 0 Å². The predicted octanol–water partition coefficient (Wildman–Crippen LogP) is 4.01. The first-order valence-electron chi connectivity index (χ1n) is 12.2. The fourth-order valence-corrected chi connectivity index (χ4v) is 5.16. The second kappa shape index (κ2) is 10.1. The van der Waals surface area contributed by atoms with Crippen LogP contribution < -0.4 is 15.6 Å². The number of para-hydroxylation sites is 1. The number of methoxy groups -OCH3 is 1. The lowest BCUT2D eigenvalue weighted by Crippen LogP contribution is -2.39. The second-order valence-corrected chi connectivity index (χ2v) is 9.67. The van der Waals surface area contributed by atoms with Gasteiger partial charge in [0.15, 0.2) is 0 Å². The summed E-state index contributed by atoms with van der Waals surface area (Å²) in [7, 11) is 1.53. The van der Waals surface area contributed by atoms with E-state index in [1.165, 1.54) is 20.0 Å². The maximum Gasteiger partial charge on any atom is 0.256 e. The van der Waals surface area contributed by atoms with Crippen LogP contribution in [0.2, 0.25) is 0 Å². The molecule has 1 fully saturated rings. The van der Waals surface area contributed by atoms with E-state index in [0.29, 0.717) is 28.8 Å². The third-order valence-corrected chi connectivity index (χ3v) is 7.15. The molecule has 34 heavy (non-hydrogen) atoms. The van der Waals surface area contributed by atoms with Crippen molar-refractivity contribution in [1.82, 2.24) is 19.8 Å². The minimum Gasteiger partial charge on any atom is -0.496 e. The Kier molecular flexibility index (Phi) is 7.12. The van der Waals surface area contributed by atoms with Crippen molar-refractivity contribution in [3.63, 3.8) is 0 Å². The van der Waals surface area contributed by atoms with Crippen molar-refractivity contribution in [3.05, 3.63) is 63.2 Å². The normalized spacial score (nSPS) is 15.2. The van der Waals surface area contributed by atoms with Crippen LogP contribution in [-0.2, 0) is 13.1 Å². The molecular formula is C27H36N4O3. The van der Waals surface area contributed by atoms with Gasteiger partial charge in [-0.3, -0.25) is 9.59 Å². The molecule has 1 aliphatic heterocycles. The molecule has 0 bridgehead atoms. The van der Waals surface area contributed by atoms with Crippen LogP contribution in [-0.4, -0.2) is 46.6 Å². The molecule has 1 aliphatic rings. The van der Waals surface area contributed by atoms with Crippen molar-refractivity contribution >= 4 is 16.8 Å². The Morgan fingerprint density at radius 1 is 1.21 bits per heavy atom. The third-order valence-electron chi connectivity index (χ3n) is 7.15. The molecule has 1 amide bonds. The number of pyridine rings is 1. The summed E-state index contributed by atoms with van der Waals surface area (Å²) in [5, 5.41) is 3.91. The zero-order valence-electron chi connectivity index (χ0n) is 20.9. The number of nitrogens with zero attached hydrogens (tertiary/aromatic N) is 2. The predicted molar refractivity (Wildman–Crippen MR) is 136 cm³/mol. The molecule has 4 rings (SSSR count). The number of hydrogen-bond acceptors (Lipinski definition) is 4. The van der Waals surface area contributed by atoms with Crippen molar-refractivity contribution in [2.75, 3.05) is 20.2 Å². The van der Waals surface area contributed by atoms with Gasteiger partial charge in [0.2, 0.25) is 0 Å². The maximum absolute atomic E-state index is 13.4. The summed E-state index contributed by atoms with van der Waals surface area (Å²) in [5.74, 6) is 0.897. The fourth-order valence-electron chi connectivity index (χ4n) is 5.16. The third kappa shape index (κ3) is 4.75. The highest BCUT2D eigenvalue weighted by atomic mass is 16.5. The van der Waals surface area contributed by atoms with E-state index in [1.54, 1.807) is 13.0 Å². The number of aryl methyl sites for hydroxylation is 1. The topological polar surface area (TPSA) is 79.4 Å². The first-order chi connectivity index (χ1) is 16.3. The molecule has 0 radical (unpaired) electrons. The number of nitrogens with one attached hydrogen (secondary N) is 2. The molecule has 0 aliphatic carbocycles. The summed E-state index contributed by atoms with van der Waals surface area (Å²) in [6.45, 7) is 11.6. The van der Waals surface area contributed by atoms with Crippen LogP contribution in [0.25, 0.3) is 10.9 Å². The monoisotopic (exact) mass is 464 g/mol. The molecule has 0 saturated carbocycles. The van der Waals surface area contributed by atoms with Crippen LogP contribution in [0.15, 0.2) is 35.1 Å². The van der Waals surface area contributed by atoms with Gasteiger partial charge in [0.05, 0.1) is 24.8 Å². The van der Waals surface area contributed by atoms with E-state index in [2.05, 4.69) is 39.7 Å². The highest BCUT2D eigenvalue weighted by Gasteiger charge is 2.25. The summed E-state index contributed by atoms with van der Waals surface area (Å²) >= 11 is 0. The number of likely N-dealkylation sites (tertiary alicyclic amines) is 1. The van der Waals surface area contributed by atoms with Gasteiger partial charge >= 0.3 is 0 Å². The van der Waals surface area contributed by atoms with Crippen LogP contribution in [0.3, 0.4) is 0 Å². The number of amides is 1. The first-order valence-corrected chi connectivity index (χ1v) is 12.2. The largest absolute Gasteiger partial charge is 0.496 e. The van der Waals surface area contributed by atoms with Gasteiger partial charge in [0, 0.05) is 34.9 Å². The van der Waals surface area contributed by atoms with Gasteiger partial charge in [0.1, 0.15) is 5.75 Å². The standard InChI is InChI=1S/C27H36N4O3/c1-17(2)30-12-10-20(11-13-30)16-31-19(4)25(21-8-6-7-9-23(21)31)27(33)28-15-22-24(34-5)14-18(3)29-26(22)32/h6-9,14,17,20H,10-13,15-16H2,1-5H3,(H,28,33)(H,29,32). The van der Waals surface area contributed by atoms with Crippen molar-refractivity contribution in [3.8, 4) is 5.75 Å². The Hall–Kier alpha value is -3.06. The van der Waals surface area contributed by atoms with E-state index in [-0.39, 0.29) is 18.0 Å². The van der Waals surface area contributed by atoms with Crippen LogP contribution in [0.5, 0.6) is 5.75 Å². The van der Waals surface area contributed by atoms with Crippen molar-refractivity contribution in [1.29, 1.82) is 0 Å². The first kappa shape index (κ1) is 24.1. The highest BCUT2D eigenvalue weighted by Crippen LogP contribution is 2.29. The van der Waals surface area contributed by atoms with E-state index >= 15 is 0 Å². The summed E-state index contributed by atoms with van der Waals surface area (Å²) < 4.78 is 7.68. The van der Waals surface area contributed by atoms with Gasteiger partial charge < -0.3 is 24.5 Å². The van der Waals surface area contributed by atoms with Crippen molar-refractivity contribution < 1.29 is 9.53 Å². The number of hydrogen-bond donors (Lipinski definition) is 2.